The van der Waals surface area contributed by atoms with Crippen LogP contribution in [0.4, 0.5) is 0 Å². The maximum atomic E-state index is 11.8. The van der Waals surface area contributed by atoms with Gasteiger partial charge in [0.15, 0.2) is 0 Å². The van der Waals surface area contributed by atoms with Gasteiger partial charge < -0.3 is 4.43 Å². The van der Waals surface area contributed by atoms with Crippen molar-refractivity contribution in [3.63, 3.8) is 0 Å². The van der Waals surface area contributed by atoms with Crippen molar-refractivity contribution in [3.05, 3.63) is 35.4 Å². The van der Waals surface area contributed by atoms with E-state index in [0.717, 1.165) is 0 Å². The lowest BCUT2D eigenvalue weighted by molar-refractivity contribution is 0.0724. The molecular formula is C13H20O2Si. The van der Waals surface area contributed by atoms with Crippen LogP contribution in [0.1, 0.15) is 35.7 Å². The number of carbonyl (C=O) groups is 1. The highest BCUT2D eigenvalue weighted by molar-refractivity contribution is 6.71. The molecule has 0 amide bonds. The molecule has 0 aliphatic rings. The highest BCUT2D eigenvalue weighted by Gasteiger charge is 2.20. The Morgan fingerprint density at radius 2 is 1.62 bits per heavy atom. The molecule has 88 valence electrons. The first kappa shape index (κ1) is 13.0. The average Bonchev–Trinajstić information content (AvgIpc) is 2.15. The minimum Gasteiger partial charge on any atom is -0.516 e. The Bertz CT molecular complexity index is 361. The maximum absolute atomic E-state index is 11.8. The van der Waals surface area contributed by atoms with Gasteiger partial charge in [-0.2, -0.15) is 0 Å². The van der Waals surface area contributed by atoms with E-state index in [9.17, 15) is 4.79 Å². The molecule has 0 spiro atoms. The van der Waals surface area contributed by atoms with Gasteiger partial charge in [0, 0.05) is 0 Å². The van der Waals surface area contributed by atoms with Gasteiger partial charge in [-0.15, -0.1) is 0 Å². The second-order valence-corrected chi connectivity index (χ2v) is 9.71. The second kappa shape index (κ2) is 4.83. The Balaban J connectivity index is 2.78. The number of hydrogen-bond acceptors (Lipinski definition) is 2. The van der Waals surface area contributed by atoms with E-state index in [2.05, 4.69) is 13.8 Å². The van der Waals surface area contributed by atoms with Crippen LogP contribution in [0.3, 0.4) is 0 Å². The van der Waals surface area contributed by atoms with Crippen molar-refractivity contribution in [1.82, 2.24) is 0 Å². The normalized spacial score (nSPS) is 11.6. The molecule has 0 aliphatic carbocycles. The molecule has 0 saturated heterocycles. The largest absolute Gasteiger partial charge is 0.516 e. The lowest BCUT2D eigenvalue weighted by atomic mass is 10.0. The molecule has 3 heteroatoms. The summed E-state index contributed by atoms with van der Waals surface area (Å²) in [7, 11) is -1.79. The van der Waals surface area contributed by atoms with E-state index in [-0.39, 0.29) is 5.97 Å². The zero-order valence-electron chi connectivity index (χ0n) is 10.7. The highest BCUT2D eigenvalue weighted by atomic mass is 28.4. The summed E-state index contributed by atoms with van der Waals surface area (Å²) in [6, 6.07) is 7.67. The molecule has 1 rings (SSSR count). The average molecular weight is 236 g/mol. The van der Waals surface area contributed by atoms with Crippen LogP contribution in [0.5, 0.6) is 0 Å². The van der Waals surface area contributed by atoms with Gasteiger partial charge in [-0.1, -0.05) is 26.0 Å². The van der Waals surface area contributed by atoms with Crippen LogP contribution in [0.25, 0.3) is 0 Å². The first-order chi connectivity index (χ1) is 7.29. The summed E-state index contributed by atoms with van der Waals surface area (Å²) in [5.74, 6) is 0.288. The molecule has 0 N–H and O–H groups in total. The van der Waals surface area contributed by atoms with E-state index < -0.39 is 8.32 Å². The molecule has 2 nitrogen and oxygen atoms in total. The van der Waals surface area contributed by atoms with Gasteiger partial charge in [-0.3, -0.25) is 0 Å². The molecule has 0 unspecified atom stereocenters. The third kappa shape index (κ3) is 3.81. The lowest BCUT2D eigenvalue weighted by Gasteiger charge is -2.17. The molecule has 0 radical (unpaired) electrons. The zero-order chi connectivity index (χ0) is 12.3. The first-order valence-electron chi connectivity index (χ1n) is 5.63. The Hall–Kier alpha value is -1.09. The van der Waals surface area contributed by atoms with Crippen molar-refractivity contribution in [2.75, 3.05) is 0 Å². The molecule has 0 saturated carbocycles. The molecule has 0 fully saturated rings. The van der Waals surface area contributed by atoms with Crippen LogP contribution in [0, 0.1) is 0 Å². The van der Waals surface area contributed by atoms with Crippen molar-refractivity contribution in [3.8, 4) is 0 Å². The van der Waals surface area contributed by atoms with Crippen LogP contribution in [-0.2, 0) is 4.43 Å². The van der Waals surface area contributed by atoms with Crippen molar-refractivity contribution < 1.29 is 9.22 Å². The van der Waals surface area contributed by atoms with E-state index >= 15 is 0 Å². The van der Waals surface area contributed by atoms with Gasteiger partial charge in [0.1, 0.15) is 0 Å². The van der Waals surface area contributed by atoms with Crippen LogP contribution >= 0.6 is 0 Å². The standard InChI is InChI=1S/C13H20O2Si/c1-10(2)11-6-8-12(9-7-11)13(14)15-16(3,4)5/h6-10H,1-5H3. The monoisotopic (exact) mass is 236 g/mol. The molecular weight excluding hydrogens is 216 g/mol. The summed E-state index contributed by atoms with van der Waals surface area (Å²) in [6.07, 6.45) is 0. The van der Waals surface area contributed by atoms with E-state index in [1.807, 2.05) is 43.9 Å². The third-order valence-electron chi connectivity index (χ3n) is 2.21. The fraction of sp³-hybridized carbons (Fsp3) is 0.462. The van der Waals surface area contributed by atoms with E-state index in [1.165, 1.54) is 5.56 Å². The Labute approximate surface area is 98.8 Å². The SMILES string of the molecule is CC(C)c1ccc(C(=O)O[Si](C)(C)C)cc1. The Morgan fingerprint density at radius 1 is 1.12 bits per heavy atom. The summed E-state index contributed by atoms with van der Waals surface area (Å²) in [5, 5.41) is 0. The molecule has 0 atom stereocenters. The fourth-order valence-corrected chi connectivity index (χ4v) is 2.02. The van der Waals surface area contributed by atoms with E-state index in [1.54, 1.807) is 0 Å². The quantitative estimate of drug-likeness (QED) is 0.746. The van der Waals surface area contributed by atoms with Gasteiger partial charge in [0.25, 0.3) is 0 Å². The predicted molar refractivity (Wildman–Crippen MR) is 69.3 cm³/mol. The Morgan fingerprint density at radius 3 is 2.00 bits per heavy atom. The minimum atomic E-state index is -1.79. The molecule has 1 aromatic carbocycles. The maximum Gasteiger partial charge on any atom is 0.324 e. The summed E-state index contributed by atoms with van der Waals surface area (Å²) < 4.78 is 5.42. The molecule has 0 heterocycles. The lowest BCUT2D eigenvalue weighted by Crippen LogP contribution is -2.29. The number of hydrogen-bond donors (Lipinski definition) is 0. The molecule has 0 bridgehead atoms. The van der Waals surface area contributed by atoms with Gasteiger partial charge in [-0.25, -0.2) is 4.79 Å². The van der Waals surface area contributed by atoms with Crippen LogP contribution in [0.2, 0.25) is 19.6 Å². The van der Waals surface area contributed by atoms with E-state index in [4.69, 9.17) is 4.43 Å². The molecule has 16 heavy (non-hydrogen) atoms. The van der Waals surface area contributed by atoms with Gasteiger partial charge in [-0.05, 0) is 43.3 Å². The molecule has 0 aromatic heterocycles. The number of rotatable bonds is 3. The fourth-order valence-electron chi connectivity index (χ4n) is 1.34. The molecule has 1 aromatic rings. The van der Waals surface area contributed by atoms with Crippen molar-refractivity contribution >= 4 is 14.3 Å². The second-order valence-electron chi connectivity index (χ2n) is 5.28. The summed E-state index contributed by atoms with van der Waals surface area (Å²) in [6.45, 7) is 10.3. The topological polar surface area (TPSA) is 26.3 Å². The number of benzene rings is 1. The van der Waals surface area contributed by atoms with Crippen LogP contribution < -0.4 is 0 Å². The van der Waals surface area contributed by atoms with Crippen molar-refractivity contribution in [1.29, 1.82) is 0 Å². The smallest absolute Gasteiger partial charge is 0.324 e. The van der Waals surface area contributed by atoms with Crippen molar-refractivity contribution in [2.45, 2.75) is 39.4 Å². The van der Waals surface area contributed by atoms with Crippen LogP contribution in [-0.4, -0.2) is 14.3 Å². The summed E-state index contributed by atoms with van der Waals surface area (Å²) in [5.41, 5.74) is 1.89. The first-order valence-corrected chi connectivity index (χ1v) is 9.04. The summed E-state index contributed by atoms with van der Waals surface area (Å²) in [4.78, 5) is 11.8. The van der Waals surface area contributed by atoms with E-state index in [0.29, 0.717) is 11.5 Å². The number of carbonyl (C=O) groups excluding carboxylic acids is 1. The van der Waals surface area contributed by atoms with Gasteiger partial charge in [0.2, 0.25) is 8.32 Å². The predicted octanol–water partition coefficient (Wildman–Crippen LogP) is 3.80. The molecule has 0 aliphatic heterocycles. The minimum absolute atomic E-state index is 0.200. The third-order valence-corrected chi connectivity index (χ3v) is 3.01. The highest BCUT2D eigenvalue weighted by Crippen LogP contribution is 2.16. The summed E-state index contributed by atoms with van der Waals surface area (Å²) >= 11 is 0. The van der Waals surface area contributed by atoms with Crippen LogP contribution in [0.15, 0.2) is 24.3 Å². The zero-order valence-corrected chi connectivity index (χ0v) is 11.7. The van der Waals surface area contributed by atoms with Crippen molar-refractivity contribution in [2.24, 2.45) is 0 Å². The van der Waals surface area contributed by atoms with Gasteiger partial charge >= 0.3 is 5.97 Å². The van der Waals surface area contributed by atoms with Gasteiger partial charge in [0.05, 0.1) is 5.56 Å². The Kier molecular flexibility index (Phi) is 3.91.